The van der Waals surface area contributed by atoms with E-state index in [1.807, 2.05) is 11.0 Å². The summed E-state index contributed by atoms with van der Waals surface area (Å²) < 4.78 is 0. The van der Waals surface area contributed by atoms with Crippen molar-refractivity contribution in [3.05, 3.63) is 22.4 Å². The van der Waals surface area contributed by atoms with Gasteiger partial charge in [0, 0.05) is 23.9 Å². The molecule has 1 amide bonds. The van der Waals surface area contributed by atoms with Crippen molar-refractivity contribution in [3.63, 3.8) is 0 Å². The highest BCUT2D eigenvalue weighted by molar-refractivity contribution is 7.09. The molecule has 5 heteroatoms. The highest BCUT2D eigenvalue weighted by Crippen LogP contribution is 2.23. The average Bonchev–Trinajstić information content (AvgIpc) is 2.94. The first-order chi connectivity index (χ1) is 8.20. The number of amides is 1. The van der Waals surface area contributed by atoms with Crippen LogP contribution in [0.5, 0.6) is 0 Å². The van der Waals surface area contributed by atoms with Crippen LogP contribution >= 0.6 is 23.7 Å². The summed E-state index contributed by atoms with van der Waals surface area (Å²) in [5.41, 5.74) is 5.67. The highest BCUT2D eigenvalue weighted by Gasteiger charge is 2.30. The lowest BCUT2D eigenvalue weighted by molar-refractivity contribution is -0.131. The van der Waals surface area contributed by atoms with Gasteiger partial charge in [-0.2, -0.15) is 0 Å². The van der Waals surface area contributed by atoms with Gasteiger partial charge in [0.2, 0.25) is 5.91 Å². The van der Waals surface area contributed by atoms with Crippen LogP contribution in [0.15, 0.2) is 17.5 Å². The van der Waals surface area contributed by atoms with E-state index in [1.54, 1.807) is 11.3 Å². The van der Waals surface area contributed by atoms with E-state index in [-0.39, 0.29) is 18.3 Å². The molecule has 1 aliphatic heterocycles. The van der Waals surface area contributed by atoms with E-state index in [2.05, 4.69) is 18.4 Å². The molecule has 1 fully saturated rings. The molecule has 0 saturated carbocycles. The molecule has 0 bridgehead atoms. The number of rotatable bonds is 4. The van der Waals surface area contributed by atoms with Crippen molar-refractivity contribution in [1.29, 1.82) is 0 Å². The van der Waals surface area contributed by atoms with Crippen LogP contribution < -0.4 is 5.73 Å². The Hall–Kier alpha value is -0.580. The maximum Gasteiger partial charge on any atom is 0.223 e. The summed E-state index contributed by atoms with van der Waals surface area (Å²) in [4.78, 5) is 15.4. The molecule has 2 rings (SSSR count). The first-order valence-electron chi connectivity index (χ1n) is 6.22. The van der Waals surface area contributed by atoms with Crippen molar-refractivity contribution < 1.29 is 4.79 Å². The Kier molecular flexibility index (Phi) is 6.12. The number of halogens is 1. The van der Waals surface area contributed by atoms with Crippen LogP contribution in [0, 0.1) is 5.92 Å². The molecule has 2 N–H and O–H groups in total. The van der Waals surface area contributed by atoms with Gasteiger partial charge in [0.05, 0.1) is 0 Å². The number of hydrogen-bond acceptors (Lipinski definition) is 3. The van der Waals surface area contributed by atoms with Crippen molar-refractivity contribution in [1.82, 2.24) is 4.90 Å². The topological polar surface area (TPSA) is 46.3 Å². The fraction of sp³-hybridized carbons (Fsp3) is 0.615. The molecule has 1 aromatic rings. The Bertz CT molecular complexity index is 369. The molecule has 3 nitrogen and oxygen atoms in total. The average molecular weight is 289 g/mol. The molecule has 0 spiro atoms. The van der Waals surface area contributed by atoms with E-state index in [0.717, 1.165) is 19.4 Å². The first kappa shape index (κ1) is 15.5. The van der Waals surface area contributed by atoms with Crippen molar-refractivity contribution in [3.8, 4) is 0 Å². The summed E-state index contributed by atoms with van der Waals surface area (Å²) in [5, 5.41) is 2.06. The predicted molar refractivity (Wildman–Crippen MR) is 78.2 cm³/mol. The summed E-state index contributed by atoms with van der Waals surface area (Å²) >= 11 is 1.72. The van der Waals surface area contributed by atoms with Crippen molar-refractivity contribution in [2.75, 3.05) is 13.1 Å². The van der Waals surface area contributed by atoms with Crippen LogP contribution in [-0.4, -0.2) is 29.9 Å². The standard InChI is InChI=1S/C13H20N2OS.ClH/c1-10-7-11(8-14)9-15(10)13(16)5-4-12-3-2-6-17-12;/h2-3,6,10-11H,4-5,7-9,14H2,1H3;1H. The number of likely N-dealkylation sites (tertiary alicyclic amines) is 1. The van der Waals surface area contributed by atoms with Crippen LogP contribution in [0.4, 0.5) is 0 Å². The predicted octanol–water partition coefficient (Wildman–Crippen LogP) is 2.30. The van der Waals surface area contributed by atoms with E-state index in [4.69, 9.17) is 5.73 Å². The fourth-order valence-corrected chi connectivity index (χ4v) is 3.20. The molecule has 0 aromatic carbocycles. The molecule has 1 aromatic heterocycles. The van der Waals surface area contributed by atoms with Crippen molar-refractivity contribution in [2.45, 2.75) is 32.2 Å². The second-order valence-corrected chi connectivity index (χ2v) is 5.84. The Morgan fingerprint density at radius 3 is 2.94 bits per heavy atom. The normalized spacial score (nSPS) is 22.9. The van der Waals surface area contributed by atoms with Gasteiger partial charge >= 0.3 is 0 Å². The second-order valence-electron chi connectivity index (χ2n) is 4.81. The minimum absolute atomic E-state index is 0. The maximum absolute atomic E-state index is 12.1. The minimum Gasteiger partial charge on any atom is -0.340 e. The molecule has 0 aliphatic carbocycles. The zero-order valence-electron chi connectivity index (χ0n) is 10.7. The van der Waals surface area contributed by atoms with Gasteiger partial charge in [-0.05, 0) is 43.7 Å². The van der Waals surface area contributed by atoms with Gasteiger partial charge in [-0.25, -0.2) is 0 Å². The third kappa shape index (κ3) is 3.70. The summed E-state index contributed by atoms with van der Waals surface area (Å²) in [5.74, 6) is 0.775. The summed E-state index contributed by atoms with van der Waals surface area (Å²) in [6.07, 6.45) is 2.55. The fourth-order valence-electron chi connectivity index (χ4n) is 2.49. The number of carbonyl (C=O) groups is 1. The monoisotopic (exact) mass is 288 g/mol. The lowest BCUT2D eigenvalue weighted by Gasteiger charge is -2.21. The number of aryl methyl sites for hydroxylation is 1. The van der Waals surface area contributed by atoms with E-state index < -0.39 is 0 Å². The van der Waals surface area contributed by atoms with Crippen LogP contribution in [-0.2, 0) is 11.2 Å². The molecule has 2 unspecified atom stereocenters. The number of nitrogens with two attached hydrogens (primary N) is 1. The third-order valence-corrected chi connectivity index (χ3v) is 4.42. The quantitative estimate of drug-likeness (QED) is 0.924. The smallest absolute Gasteiger partial charge is 0.223 e. The van der Waals surface area contributed by atoms with Gasteiger partial charge in [-0.3, -0.25) is 4.79 Å². The Balaban J connectivity index is 0.00000162. The molecule has 2 heterocycles. The molecular weight excluding hydrogens is 268 g/mol. The Morgan fingerprint density at radius 1 is 1.61 bits per heavy atom. The molecule has 18 heavy (non-hydrogen) atoms. The van der Waals surface area contributed by atoms with Gasteiger partial charge in [0.25, 0.3) is 0 Å². The van der Waals surface area contributed by atoms with Gasteiger partial charge in [0.1, 0.15) is 0 Å². The SMILES string of the molecule is CC1CC(CN)CN1C(=O)CCc1cccs1.Cl. The molecule has 0 radical (unpaired) electrons. The van der Waals surface area contributed by atoms with Crippen LogP contribution in [0.1, 0.15) is 24.6 Å². The zero-order valence-corrected chi connectivity index (χ0v) is 12.3. The number of carbonyl (C=O) groups excluding carboxylic acids is 1. The lowest BCUT2D eigenvalue weighted by Crippen LogP contribution is -2.34. The Morgan fingerprint density at radius 2 is 2.39 bits per heavy atom. The van der Waals surface area contributed by atoms with E-state index in [9.17, 15) is 4.79 Å². The highest BCUT2D eigenvalue weighted by atomic mass is 35.5. The number of thiophene rings is 1. The summed E-state index contributed by atoms with van der Waals surface area (Å²) in [7, 11) is 0. The molecule has 1 aliphatic rings. The van der Waals surface area contributed by atoms with Crippen LogP contribution in [0.2, 0.25) is 0 Å². The van der Waals surface area contributed by atoms with Gasteiger partial charge < -0.3 is 10.6 Å². The number of hydrogen-bond donors (Lipinski definition) is 1. The van der Waals surface area contributed by atoms with E-state index in [1.165, 1.54) is 4.88 Å². The van der Waals surface area contributed by atoms with Gasteiger partial charge in [-0.15, -0.1) is 23.7 Å². The third-order valence-electron chi connectivity index (χ3n) is 3.48. The van der Waals surface area contributed by atoms with Gasteiger partial charge in [-0.1, -0.05) is 6.07 Å². The molecular formula is C13H21ClN2OS. The van der Waals surface area contributed by atoms with Crippen LogP contribution in [0.25, 0.3) is 0 Å². The van der Waals surface area contributed by atoms with E-state index >= 15 is 0 Å². The molecule has 1 saturated heterocycles. The van der Waals surface area contributed by atoms with Crippen LogP contribution in [0.3, 0.4) is 0 Å². The van der Waals surface area contributed by atoms with E-state index in [0.29, 0.717) is 24.9 Å². The second kappa shape index (κ2) is 7.12. The number of nitrogens with zero attached hydrogens (tertiary/aromatic N) is 1. The lowest BCUT2D eigenvalue weighted by atomic mass is 10.1. The van der Waals surface area contributed by atoms with Crippen molar-refractivity contribution >= 4 is 29.7 Å². The largest absolute Gasteiger partial charge is 0.340 e. The Labute approximate surface area is 119 Å². The van der Waals surface area contributed by atoms with Crippen molar-refractivity contribution in [2.24, 2.45) is 11.7 Å². The van der Waals surface area contributed by atoms with Gasteiger partial charge in [0.15, 0.2) is 0 Å². The molecule has 102 valence electrons. The minimum atomic E-state index is 0. The zero-order chi connectivity index (χ0) is 12.3. The molecule has 2 atom stereocenters. The maximum atomic E-state index is 12.1. The summed E-state index contributed by atoms with van der Waals surface area (Å²) in [6.45, 7) is 3.67. The summed E-state index contributed by atoms with van der Waals surface area (Å²) in [6, 6.07) is 4.49. The first-order valence-corrected chi connectivity index (χ1v) is 7.10.